The van der Waals surface area contributed by atoms with E-state index in [-0.39, 0.29) is 0 Å². The van der Waals surface area contributed by atoms with Gasteiger partial charge in [-0.3, -0.25) is 0 Å². The molecule has 0 spiro atoms. The van der Waals surface area contributed by atoms with Gasteiger partial charge in [0.15, 0.2) is 0 Å². The Morgan fingerprint density at radius 3 is 1.46 bits per heavy atom. The molecule has 0 N–H and O–H groups in total. The third-order valence-electron chi connectivity index (χ3n) is 13.0. The van der Waals surface area contributed by atoms with Crippen LogP contribution in [-0.4, -0.2) is 0 Å². The molecule has 296 valence electrons. The van der Waals surface area contributed by atoms with Crippen LogP contribution >= 0.6 is 0 Å². The van der Waals surface area contributed by atoms with E-state index in [1.54, 1.807) is 0 Å². The number of benzene rings is 10. The van der Waals surface area contributed by atoms with Crippen molar-refractivity contribution in [3.05, 3.63) is 271 Å². The molecule has 63 heavy (non-hydrogen) atoms. The third kappa shape index (κ3) is 6.02. The minimum Gasteiger partial charge on any atom is -0.456 e. The number of hydrogen-bond acceptors (Lipinski definition) is 2. The Balaban J connectivity index is 1.04. The van der Waals surface area contributed by atoms with Gasteiger partial charge in [-0.25, -0.2) is 0 Å². The zero-order valence-corrected chi connectivity index (χ0v) is 34.5. The first-order valence-corrected chi connectivity index (χ1v) is 21.7. The maximum atomic E-state index is 6.18. The summed E-state index contributed by atoms with van der Waals surface area (Å²) in [6.45, 7) is 0. The monoisotopic (exact) mass is 803 g/mol. The van der Waals surface area contributed by atoms with Gasteiger partial charge in [-0.05, 0) is 116 Å². The van der Waals surface area contributed by atoms with Crippen LogP contribution in [0.15, 0.2) is 253 Å². The van der Waals surface area contributed by atoms with Crippen LogP contribution in [-0.2, 0) is 5.41 Å². The fourth-order valence-electron chi connectivity index (χ4n) is 10.1. The minimum atomic E-state index is -0.479. The molecule has 0 radical (unpaired) electrons. The van der Waals surface area contributed by atoms with Crippen molar-refractivity contribution in [3.8, 4) is 44.5 Å². The maximum Gasteiger partial charge on any atom is 0.135 e. The average molecular weight is 804 g/mol. The van der Waals surface area contributed by atoms with Crippen LogP contribution in [0.3, 0.4) is 0 Å². The van der Waals surface area contributed by atoms with E-state index >= 15 is 0 Å². The van der Waals surface area contributed by atoms with Crippen molar-refractivity contribution in [2.45, 2.75) is 5.41 Å². The molecule has 2 nitrogen and oxygen atoms in total. The molecular weight excluding hydrogens is 763 g/mol. The SMILES string of the molecule is c1ccc(-c2ccc(N(c3ccc(-c4ccc5oc6ccccc6c5c4)cc3)c3ccc(C4(c5ccccc5)c5ccccc5-c5ccccc54)cc3)c(-c3ccccc3)c2)cc1. The second-order valence-corrected chi connectivity index (χ2v) is 16.4. The Kier molecular flexibility index (Phi) is 8.76. The van der Waals surface area contributed by atoms with Gasteiger partial charge >= 0.3 is 0 Å². The molecule has 0 aliphatic heterocycles. The molecule has 0 fully saturated rings. The summed E-state index contributed by atoms with van der Waals surface area (Å²) in [5.74, 6) is 0. The molecule has 1 aliphatic carbocycles. The molecule has 2 heteroatoms. The minimum absolute atomic E-state index is 0.479. The molecule has 0 bridgehead atoms. The van der Waals surface area contributed by atoms with Crippen LogP contribution in [0.4, 0.5) is 17.1 Å². The molecule has 0 atom stereocenters. The molecule has 0 saturated carbocycles. The highest BCUT2D eigenvalue weighted by molar-refractivity contribution is 6.06. The average Bonchev–Trinajstić information content (AvgIpc) is 3.89. The van der Waals surface area contributed by atoms with E-state index in [1.165, 1.54) is 44.5 Å². The van der Waals surface area contributed by atoms with Gasteiger partial charge in [-0.1, -0.05) is 194 Å². The van der Waals surface area contributed by atoms with E-state index < -0.39 is 5.41 Å². The summed E-state index contributed by atoms with van der Waals surface area (Å²) >= 11 is 0. The van der Waals surface area contributed by atoms with Crippen molar-refractivity contribution >= 4 is 39.0 Å². The van der Waals surface area contributed by atoms with Crippen LogP contribution in [0.25, 0.3) is 66.4 Å². The molecule has 1 heterocycles. The number of furan rings is 1. The van der Waals surface area contributed by atoms with Gasteiger partial charge in [0.25, 0.3) is 0 Å². The summed E-state index contributed by atoms with van der Waals surface area (Å²) in [5.41, 5.74) is 19.2. The summed E-state index contributed by atoms with van der Waals surface area (Å²) in [4.78, 5) is 2.42. The fraction of sp³-hybridized carbons (Fsp3) is 0.0164. The van der Waals surface area contributed by atoms with Crippen molar-refractivity contribution in [1.82, 2.24) is 0 Å². The lowest BCUT2D eigenvalue weighted by molar-refractivity contribution is 0.669. The Bertz CT molecular complexity index is 3380. The van der Waals surface area contributed by atoms with E-state index in [9.17, 15) is 0 Å². The molecule has 0 unspecified atom stereocenters. The lowest BCUT2D eigenvalue weighted by Crippen LogP contribution is -2.28. The van der Waals surface area contributed by atoms with E-state index in [4.69, 9.17) is 4.42 Å². The third-order valence-corrected chi connectivity index (χ3v) is 13.0. The first kappa shape index (κ1) is 36.6. The van der Waals surface area contributed by atoms with Crippen molar-refractivity contribution in [2.24, 2.45) is 0 Å². The molecule has 0 amide bonds. The highest BCUT2D eigenvalue weighted by atomic mass is 16.3. The van der Waals surface area contributed by atoms with Crippen LogP contribution in [0.2, 0.25) is 0 Å². The fourth-order valence-corrected chi connectivity index (χ4v) is 10.1. The Labute approximate surface area is 367 Å². The lowest BCUT2D eigenvalue weighted by Gasteiger charge is -2.34. The van der Waals surface area contributed by atoms with E-state index in [2.05, 4.69) is 241 Å². The van der Waals surface area contributed by atoms with E-state index in [0.29, 0.717) is 0 Å². The van der Waals surface area contributed by atoms with Crippen molar-refractivity contribution < 1.29 is 4.42 Å². The van der Waals surface area contributed by atoms with E-state index in [1.807, 2.05) is 12.1 Å². The summed E-state index contributed by atoms with van der Waals surface area (Å²) in [6.07, 6.45) is 0. The summed E-state index contributed by atoms with van der Waals surface area (Å²) in [6, 6.07) is 90.3. The summed E-state index contributed by atoms with van der Waals surface area (Å²) in [7, 11) is 0. The number of anilines is 3. The smallest absolute Gasteiger partial charge is 0.135 e. The molecule has 1 aromatic heterocycles. The van der Waals surface area contributed by atoms with Crippen LogP contribution < -0.4 is 4.90 Å². The molecule has 1 aliphatic rings. The van der Waals surface area contributed by atoms with Crippen LogP contribution in [0, 0.1) is 0 Å². The van der Waals surface area contributed by atoms with Crippen molar-refractivity contribution in [2.75, 3.05) is 4.90 Å². The predicted molar refractivity (Wildman–Crippen MR) is 262 cm³/mol. The van der Waals surface area contributed by atoms with Gasteiger partial charge in [0, 0.05) is 27.7 Å². The second-order valence-electron chi connectivity index (χ2n) is 16.4. The maximum absolute atomic E-state index is 6.18. The summed E-state index contributed by atoms with van der Waals surface area (Å²) < 4.78 is 6.18. The van der Waals surface area contributed by atoms with Crippen molar-refractivity contribution in [1.29, 1.82) is 0 Å². The quantitative estimate of drug-likeness (QED) is 0.152. The Morgan fingerprint density at radius 1 is 0.302 bits per heavy atom. The Morgan fingerprint density at radius 2 is 0.778 bits per heavy atom. The van der Waals surface area contributed by atoms with Gasteiger partial charge in [0.05, 0.1) is 11.1 Å². The number of para-hydroxylation sites is 1. The highest BCUT2D eigenvalue weighted by Gasteiger charge is 2.45. The van der Waals surface area contributed by atoms with Gasteiger partial charge in [-0.15, -0.1) is 0 Å². The molecule has 11 aromatic rings. The van der Waals surface area contributed by atoms with Gasteiger partial charge < -0.3 is 9.32 Å². The molecule has 0 saturated heterocycles. The van der Waals surface area contributed by atoms with E-state index in [0.717, 1.165) is 61.3 Å². The number of hydrogen-bond donors (Lipinski definition) is 0. The summed E-state index contributed by atoms with van der Waals surface area (Å²) in [5, 5.41) is 2.26. The van der Waals surface area contributed by atoms with Crippen LogP contribution in [0.5, 0.6) is 0 Å². The first-order chi connectivity index (χ1) is 31.2. The van der Waals surface area contributed by atoms with Crippen molar-refractivity contribution in [3.63, 3.8) is 0 Å². The standard InChI is InChI=1S/C61H41NO/c1-4-16-42(17-5-1)45-30-38-58(54(40-45)44-18-6-2-7-19-44)62(49-34-28-43(29-35-49)46-31-39-60-55(41-46)53-24-12-15-27-59(53)63-60)50-36-32-48(33-37-50)61(47-20-8-3-9-21-47)56-25-13-10-22-51(56)52-23-11-14-26-57(52)61/h1-41H. The highest BCUT2D eigenvalue weighted by Crippen LogP contribution is 2.56. The topological polar surface area (TPSA) is 16.4 Å². The van der Waals surface area contributed by atoms with Gasteiger partial charge in [-0.2, -0.15) is 0 Å². The molecule has 10 aromatic carbocycles. The lowest BCUT2D eigenvalue weighted by atomic mass is 9.68. The number of nitrogens with zero attached hydrogens (tertiary/aromatic N) is 1. The zero-order valence-electron chi connectivity index (χ0n) is 34.5. The largest absolute Gasteiger partial charge is 0.456 e. The van der Waals surface area contributed by atoms with Crippen LogP contribution in [0.1, 0.15) is 22.3 Å². The van der Waals surface area contributed by atoms with Gasteiger partial charge in [0.2, 0.25) is 0 Å². The second kappa shape index (κ2) is 15.1. The number of fused-ring (bicyclic) bond motifs is 6. The zero-order chi connectivity index (χ0) is 41.7. The molecular formula is C61H41NO. The number of rotatable bonds is 8. The predicted octanol–water partition coefficient (Wildman–Crippen LogP) is 16.4. The normalized spacial score (nSPS) is 12.6. The van der Waals surface area contributed by atoms with Gasteiger partial charge in [0.1, 0.15) is 11.2 Å². The first-order valence-electron chi connectivity index (χ1n) is 21.7. The Hall–Kier alpha value is -8.20. The molecule has 12 rings (SSSR count).